The van der Waals surface area contributed by atoms with Crippen molar-refractivity contribution in [3.8, 4) is 0 Å². The molecule has 0 saturated heterocycles. The van der Waals surface area contributed by atoms with Gasteiger partial charge in [-0.3, -0.25) is 9.97 Å². The molecule has 1 heterocycles. The molecule has 2 rings (SSSR count). The maximum absolute atomic E-state index is 5.27. The lowest BCUT2D eigenvalue weighted by molar-refractivity contribution is 0.590. The quantitative estimate of drug-likeness (QED) is 0.850. The number of benzene rings is 1. The third-order valence-corrected chi connectivity index (χ3v) is 3.61. The van der Waals surface area contributed by atoms with E-state index in [2.05, 4.69) is 65.6 Å². The highest BCUT2D eigenvalue weighted by Crippen LogP contribution is 2.22. The number of aromatic nitrogens is 2. The lowest BCUT2D eigenvalue weighted by Crippen LogP contribution is -2.34. The molecule has 1 aromatic heterocycles. The number of rotatable bonds is 4. The maximum atomic E-state index is 5.27. The van der Waals surface area contributed by atoms with Gasteiger partial charge in [-0.05, 0) is 28.8 Å². The molecule has 0 fully saturated rings. The maximum Gasteiger partial charge on any atom is 0.166 e. The molecule has 0 unspecified atom stereocenters. The zero-order valence-electron chi connectivity index (χ0n) is 13.3. The molecule has 0 aliphatic carbocycles. The van der Waals surface area contributed by atoms with Gasteiger partial charge in [0.15, 0.2) is 5.11 Å². The van der Waals surface area contributed by atoms with Gasteiger partial charge >= 0.3 is 0 Å². The molecular formula is C17H22N4S. The number of thiocarbonyl (C=S) groups is 1. The Morgan fingerprint density at radius 1 is 1.05 bits per heavy atom. The van der Waals surface area contributed by atoms with E-state index < -0.39 is 0 Å². The number of nitrogens with one attached hydrogen (secondary N) is 2. The van der Waals surface area contributed by atoms with Crippen LogP contribution in [0.25, 0.3) is 0 Å². The van der Waals surface area contributed by atoms with Crippen LogP contribution in [0.1, 0.15) is 37.6 Å². The molecule has 2 aromatic rings. The second-order valence-corrected chi connectivity index (χ2v) is 6.59. The Hall–Kier alpha value is -2.01. The predicted molar refractivity (Wildman–Crippen MR) is 93.5 cm³/mol. The minimum Gasteiger partial charge on any atom is -0.359 e. The number of hydrogen-bond acceptors (Lipinski definition) is 3. The van der Waals surface area contributed by atoms with Crippen LogP contribution >= 0.6 is 12.2 Å². The van der Waals surface area contributed by atoms with Gasteiger partial charge in [0.1, 0.15) is 0 Å². The number of nitrogens with zero attached hydrogens (tertiary/aromatic N) is 2. The van der Waals surface area contributed by atoms with Crippen molar-refractivity contribution >= 4 is 17.3 Å². The minimum absolute atomic E-state index is 0.180. The highest BCUT2D eigenvalue weighted by atomic mass is 32.1. The molecule has 0 aliphatic heterocycles. The smallest absolute Gasteiger partial charge is 0.166 e. The van der Waals surface area contributed by atoms with Gasteiger partial charge in [-0.2, -0.15) is 0 Å². The predicted octanol–water partition coefficient (Wildman–Crippen LogP) is 2.94. The first-order valence-electron chi connectivity index (χ1n) is 7.31. The van der Waals surface area contributed by atoms with E-state index >= 15 is 0 Å². The van der Waals surface area contributed by atoms with Crippen LogP contribution < -0.4 is 10.6 Å². The van der Waals surface area contributed by atoms with Crippen molar-refractivity contribution in [1.29, 1.82) is 0 Å². The van der Waals surface area contributed by atoms with Crippen LogP contribution in [0.5, 0.6) is 0 Å². The Balaban J connectivity index is 1.79. The lowest BCUT2D eigenvalue weighted by atomic mass is 9.87. The summed E-state index contributed by atoms with van der Waals surface area (Å²) in [5, 5.41) is 6.94. The van der Waals surface area contributed by atoms with Gasteiger partial charge in [0.2, 0.25) is 0 Å². The average molecular weight is 314 g/mol. The molecule has 0 atom stereocenters. The zero-order valence-corrected chi connectivity index (χ0v) is 14.1. The first-order chi connectivity index (χ1) is 10.4. The highest BCUT2D eigenvalue weighted by molar-refractivity contribution is 7.80. The molecule has 1 aromatic carbocycles. The summed E-state index contributed by atoms with van der Waals surface area (Å²) in [7, 11) is 0. The van der Waals surface area contributed by atoms with Crippen molar-refractivity contribution in [2.45, 2.75) is 39.3 Å². The first-order valence-corrected chi connectivity index (χ1v) is 7.72. The molecule has 116 valence electrons. The molecular weight excluding hydrogens is 292 g/mol. The van der Waals surface area contributed by atoms with Crippen LogP contribution in [0, 0.1) is 0 Å². The van der Waals surface area contributed by atoms with E-state index in [-0.39, 0.29) is 5.41 Å². The summed E-state index contributed by atoms with van der Waals surface area (Å²) in [5.41, 5.74) is 3.58. The molecule has 22 heavy (non-hydrogen) atoms. The third-order valence-electron chi connectivity index (χ3n) is 3.32. The molecule has 5 heteroatoms. The number of hydrogen-bond donors (Lipinski definition) is 2. The van der Waals surface area contributed by atoms with E-state index in [0.717, 1.165) is 5.69 Å². The monoisotopic (exact) mass is 314 g/mol. The van der Waals surface area contributed by atoms with Gasteiger partial charge in [0.05, 0.1) is 18.4 Å². The van der Waals surface area contributed by atoms with Gasteiger partial charge in [-0.25, -0.2) is 0 Å². The Kier molecular flexibility index (Phi) is 5.44. The lowest BCUT2D eigenvalue weighted by Gasteiger charge is -2.19. The SMILES string of the molecule is CC(C)(C)c1ccc(CNC(=S)NCc2cnccn2)cc1. The van der Waals surface area contributed by atoms with E-state index in [1.807, 2.05) is 0 Å². The third kappa shape index (κ3) is 5.07. The molecule has 4 nitrogen and oxygen atoms in total. The Bertz CT molecular complexity index is 603. The summed E-state index contributed by atoms with van der Waals surface area (Å²) in [5.74, 6) is 0. The van der Waals surface area contributed by atoms with Crippen LogP contribution in [0.2, 0.25) is 0 Å². The van der Waals surface area contributed by atoms with Gasteiger partial charge in [0.25, 0.3) is 0 Å². The molecule has 0 saturated carbocycles. The summed E-state index contributed by atoms with van der Waals surface area (Å²) < 4.78 is 0. The van der Waals surface area contributed by atoms with E-state index in [4.69, 9.17) is 12.2 Å². The largest absolute Gasteiger partial charge is 0.359 e. The van der Waals surface area contributed by atoms with E-state index in [1.54, 1.807) is 18.6 Å². The molecule has 0 amide bonds. The fraction of sp³-hybridized carbons (Fsp3) is 0.353. The summed E-state index contributed by atoms with van der Waals surface area (Å²) in [6.45, 7) is 7.92. The topological polar surface area (TPSA) is 49.8 Å². The van der Waals surface area contributed by atoms with Gasteiger partial charge in [-0.15, -0.1) is 0 Å². The van der Waals surface area contributed by atoms with Gasteiger partial charge in [-0.1, -0.05) is 45.0 Å². The molecule has 0 radical (unpaired) electrons. The molecule has 0 aliphatic rings. The van der Waals surface area contributed by atoms with Crippen molar-refractivity contribution in [1.82, 2.24) is 20.6 Å². The standard InChI is InChI=1S/C17H22N4S/c1-17(2,3)14-6-4-13(5-7-14)10-20-16(22)21-12-15-11-18-8-9-19-15/h4-9,11H,10,12H2,1-3H3,(H2,20,21,22). The van der Waals surface area contributed by atoms with Crippen molar-refractivity contribution in [3.63, 3.8) is 0 Å². The second-order valence-electron chi connectivity index (χ2n) is 6.18. The fourth-order valence-corrected chi connectivity index (χ4v) is 2.10. The molecule has 0 spiro atoms. The van der Waals surface area contributed by atoms with Crippen molar-refractivity contribution < 1.29 is 0 Å². The Labute approximate surface area is 137 Å². The van der Waals surface area contributed by atoms with E-state index in [9.17, 15) is 0 Å². The van der Waals surface area contributed by atoms with Crippen LogP contribution in [-0.2, 0) is 18.5 Å². The fourth-order valence-electron chi connectivity index (χ4n) is 1.96. The van der Waals surface area contributed by atoms with E-state index in [0.29, 0.717) is 18.2 Å². The normalized spacial score (nSPS) is 11.0. The summed E-state index contributed by atoms with van der Waals surface area (Å²) in [4.78, 5) is 8.21. The first kappa shape index (κ1) is 16.4. The van der Waals surface area contributed by atoms with Crippen LogP contribution in [-0.4, -0.2) is 15.1 Å². The van der Waals surface area contributed by atoms with Gasteiger partial charge < -0.3 is 10.6 Å². The average Bonchev–Trinajstić information content (AvgIpc) is 2.51. The van der Waals surface area contributed by atoms with Crippen LogP contribution in [0.3, 0.4) is 0 Å². The minimum atomic E-state index is 0.180. The zero-order chi connectivity index (χ0) is 16.0. The van der Waals surface area contributed by atoms with Crippen molar-refractivity contribution in [3.05, 3.63) is 59.7 Å². The Morgan fingerprint density at radius 2 is 1.73 bits per heavy atom. The summed E-state index contributed by atoms with van der Waals surface area (Å²) >= 11 is 5.27. The summed E-state index contributed by atoms with van der Waals surface area (Å²) in [6.07, 6.45) is 5.05. The highest BCUT2D eigenvalue weighted by Gasteiger charge is 2.12. The van der Waals surface area contributed by atoms with Crippen molar-refractivity contribution in [2.75, 3.05) is 0 Å². The molecule has 2 N–H and O–H groups in total. The van der Waals surface area contributed by atoms with Crippen LogP contribution in [0.15, 0.2) is 42.9 Å². The van der Waals surface area contributed by atoms with E-state index in [1.165, 1.54) is 11.1 Å². The van der Waals surface area contributed by atoms with Gasteiger partial charge in [0, 0.05) is 18.9 Å². The van der Waals surface area contributed by atoms with Crippen molar-refractivity contribution in [2.24, 2.45) is 0 Å². The van der Waals surface area contributed by atoms with Crippen LogP contribution in [0.4, 0.5) is 0 Å². The second kappa shape index (κ2) is 7.31. The Morgan fingerprint density at radius 3 is 2.32 bits per heavy atom. The molecule has 0 bridgehead atoms. The summed E-state index contributed by atoms with van der Waals surface area (Å²) in [6, 6.07) is 8.62.